The number of Topliss-reactive ketones (excluding diaryl/α,β-unsaturated/α-hetero) is 1. The Morgan fingerprint density at radius 3 is 2.10 bits per heavy atom. The van der Waals surface area contributed by atoms with Gasteiger partial charge in [-0.3, -0.25) is 14.4 Å². The van der Waals surface area contributed by atoms with Crippen molar-refractivity contribution in [3.05, 3.63) is 82.9 Å². The summed E-state index contributed by atoms with van der Waals surface area (Å²) in [5.74, 6) is -6.19. The number of urea groups is 1. The van der Waals surface area contributed by atoms with Crippen LogP contribution in [0.5, 0.6) is 0 Å². The van der Waals surface area contributed by atoms with E-state index in [2.05, 4.69) is 10.6 Å². The zero-order valence-corrected chi connectivity index (χ0v) is 36.5. The van der Waals surface area contributed by atoms with Crippen LogP contribution in [0.3, 0.4) is 0 Å². The number of rotatable bonds is 10. The minimum absolute atomic E-state index is 0.00879. The number of esters is 4. The van der Waals surface area contributed by atoms with Crippen LogP contribution in [0.1, 0.15) is 108 Å². The van der Waals surface area contributed by atoms with Crippen molar-refractivity contribution in [3.8, 4) is 0 Å². The van der Waals surface area contributed by atoms with Gasteiger partial charge in [0, 0.05) is 38.1 Å². The van der Waals surface area contributed by atoms with E-state index in [1.807, 2.05) is 0 Å². The molecule has 1 aliphatic heterocycles. The third kappa shape index (κ3) is 8.04. The first kappa shape index (κ1) is 45.9. The van der Waals surface area contributed by atoms with E-state index >= 15 is 4.79 Å². The SMILES string of the molecule is CC(=O)O[C@H]1C(=O)[C@@]2(C)[C@H]([C@H](OC(=O)c3ccccc3)[C@]3(O)C[C@H](OC(=O)[C@H](O)C(NC(=O)NC4CCCCC4)c4ccccc4)C(C)=C1C3(C)C)[C@]1(OC(C)=O)CO[C@@H]1C[C@@H]2O. The standard InChI is InChI=1S/C47H58N2O14/c1-25-31(61-42(56)36(53)35(28-16-10-7-11-17-28)49-43(57)48-30-20-14-9-15-21-30)23-47(58)40(62-41(55)29-18-12-8-13-19-29)38-45(6,32(52)22-33-46(38,24-59-33)63-27(3)51)39(54)37(60-26(2)50)34(25)44(47,4)5/h7-8,10-13,16-19,30-33,35-38,40,52-53,58H,9,14-15,20-24H2,1-6H3,(H2,48,49,57)/t31-,32-,33+,35?,36+,37+,38-,40-,45+,46-,47+/m0/s1. The van der Waals surface area contributed by atoms with Gasteiger partial charge in [0.2, 0.25) is 0 Å². The molecule has 7 rings (SSSR count). The Morgan fingerprint density at radius 2 is 1.51 bits per heavy atom. The van der Waals surface area contributed by atoms with E-state index < -0.39 is 113 Å². The lowest BCUT2D eigenvalue weighted by molar-refractivity contribution is -0.346. The first-order valence-corrected chi connectivity index (χ1v) is 21.7. The molecule has 11 atom stereocenters. The van der Waals surface area contributed by atoms with Crippen LogP contribution >= 0.6 is 0 Å². The van der Waals surface area contributed by atoms with Gasteiger partial charge in [-0.25, -0.2) is 14.4 Å². The Labute approximate surface area is 366 Å². The summed E-state index contributed by atoms with van der Waals surface area (Å²) >= 11 is 0. The highest BCUT2D eigenvalue weighted by molar-refractivity contribution is 5.95. The summed E-state index contributed by atoms with van der Waals surface area (Å²) in [6.45, 7) is 8.03. The van der Waals surface area contributed by atoms with Crippen molar-refractivity contribution < 1.29 is 67.8 Å². The maximum atomic E-state index is 15.5. The number of amides is 2. The summed E-state index contributed by atoms with van der Waals surface area (Å²) in [7, 11) is 0. The van der Waals surface area contributed by atoms with Gasteiger partial charge in [-0.1, -0.05) is 81.6 Å². The maximum absolute atomic E-state index is 15.5. The van der Waals surface area contributed by atoms with Crippen molar-refractivity contribution in [1.82, 2.24) is 10.6 Å². The molecule has 340 valence electrons. The Bertz CT molecular complexity index is 2140. The smallest absolute Gasteiger partial charge is 0.338 e. The van der Waals surface area contributed by atoms with Crippen LogP contribution in [0.15, 0.2) is 71.8 Å². The maximum Gasteiger partial charge on any atom is 0.338 e. The predicted molar refractivity (Wildman–Crippen MR) is 222 cm³/mol. The molecule has 0 spiro atoms. The number of benzene rings is 2. The molecular weight excluding hydrogens is 817 g/mol. The molecule has 16 heteroatoms. The second-order valence-electron chi connectivity index (χ2n) is 18.5. The van der Waals surface area contributed by atoms with Crippen LogP contribution in [0.4, 0.5) is 4.79 Å². The van der Waals surface area contributed by atoms with Gasteiger partial charge in [-0.15, -0.1) is 0 Å². The summed E-state index contributed by atoms with van der Waals surface area (Å²) in [5, 5.41) is 43.3. The van der Waals surface area contributed by atoms with Crippen LogP contribution < -0.4 is 10.6 Å². The number of carbonyl (C=O) groups is 6. The topological polar surface area (TPSA) is 233 Å². The predicted octanol–water partition coefficient (Wildman–Crippen LogP) is 3.94. The molecule has 2 bridgehead atoms. The molecule has 5 aliphatic rings. The molecule has 2 aromatic rings. The number of ether oxygens (including phenoxy) is 5. The highest BCUT2D eigenvalue weighted by Crippen LogP contribution is 2.64. The quantitative estimate of drug-likeness (QED) is 0.129. The van der Waals surface area contributed by atoms with Gasteiger partial charge in [0.05, 0.1) is 35.6 Å². The number of ketones is 1. The van der Waals surface area contributed by atoms with Crippen molar-refractivity contribution in [3.63, 3.8) is 0 Å². The molecule has 4 fully saturated rings. The molecule has 5 N–H and O–H groups in total. The van der Waals surface area contributed by atoms with Crippen molar-refractivity contribution in [2.45, 2.75) is 146 Å². The first-order valence-electron chi connectivity index (χ1n) is 21.7. The van der Waals surface area contributed by atoms with Gasteiger partial charge in [-0.05, 0) is 55.5 Å². The van der Waals surface area contributed by atoms with Gasteiger partial charge >= 0.3 is 29.9 Å². The minimum Gasteiger partial charge on any atom is -0.456 e. The monoisotopic (exact) mass is 874 g/mol. The van der Waals surface area contributed by atoms with E-state index in [1.165, 1.54) is 26.0 Å². The Hall–Kier alpha value is -5.16. The van der Waals surface area contributed by atoms with E-state index in [1.54, 1.807) is 62.4 Å². The molecule has 2 aromatic carbocycles. The van der Waals surface area contributed by atoms with Crippen LogP contribution in [0.2, 0.25) is 0 Å². The van der Waals surface area contributed by atoms with Gasteiger partial charge in [0.15, 0.2) is 23.6 Å². The average molecular weight is 875 g/mol. The fraction of sp³-hybridized carbons (Fsp3) is 0.574. The summed E-state index contributed by atoms with van der Waals surface area (Å²) < 4.78 is 30.3. The fourth-order valence-corrected chi connectivity index (χ4v) is 11.0. The largest absolute Gasteiger partial charge is 0.456 e. The fourth-order valence-electron chi connectivity index (χ4n) is 11.0. The van der Waals surface area contributed by atoms with Crippen molar-refractivity contribution >= 4 is 35.7 Å². The number of aliphatic hydroxyl groups is 3. The van der Waals surface area contributed by atoms with E-state index in [0.29, 0.717) is 5.56 Å². The second-order valence-corrected chi connectivity index (χ2v) is 18.5. The highest BCUT2D eigenvalue weighted by atomic mass is 16.6. The Kier molecular flexibility index (Phi) is 12.7. The number of aliphatic hydroxyl groups excluding tert-OH is 2. The van der Waals surface area contributed by atoms with E-state index in [0.717, 1.165) is 46.0 Å². The number of hydrogen-bond acceptors (Lipinski definition) is 14. The molecular formula is C47H58N2O14. The number of fused-ring (bicyclic) bond motifs is 5. The summed E-state index contributed by atoms with van der Waals surface area (Å²) in [4.78, 5) is 83.5. The molecule has 4 aliphatic carbocycles. The van der Waals surface area contributed by atoms with Crippen molar-refractivity contribution in [2.24, 2.45) is 16.7 Å². The first-order chi connectivity index (χ1) is 29.8. The van der Waals surface area contributed by atoms with Crippen LogP contribution in [0, 0.1) is 16.7 Å². The molecule has 16 nitrogen and oxygen atoms in total. The number of hydrogen-bond donors (Lipinski definition) is 5. The third-order valence-corrected chi connectivity index (χ3v) is 14.4. The lowest BCUT2D eigenvalue weighted by Gasteiger charge is -2.67. The minimum atomic E-state index is -2.38. The lowest BCUT2D eigenvalue weighted by atomic mass is 9.44. The normalized spacial score (nSPS) is 33.3. The van der Waals surface area contributed by atoms with Crippen molar-refractivity contribution in [2.75, 3.05) is 6.61 Å². The number of carbonyl (C=O) groups excluding carboxylic acids is 6. The van der Waals surface area contributed by atoms with Crippen molar-refractivity contribution in [1.29, 1.82) is 0 Å². The molecule has 1 saturated heterocycles. The molecule has 1 unspecified atom stereocenters. The molecule has 3 saturated carbocycles. The molecule has 63 heavy (non-hydrogen) atoms. The Morgan fingerprint density at radius 1 is 0.873 bits per heavy atom. The van der Waals surface area contributed by atoms with E-state index in [4.69, 9.17) is 23.7 Å². The zero-order chi connectivity index (χ0) is 45.6. The molecule has 1 heterocycles. The third-order valence-electron chi connectivity index (χ3n) is 14.4. The van der Waals surface area contributed by atoms with Crippen LogP contribution in [-0.2, 0) is 42.9 Å². The number of nitrogens with one attached hydrogen (secondary N) is 2. The van der Waals surface area contributed by atoms with Crippen LogP contribution in [-0.4, -0.2) is 111 Å². The summed E-state index contributed by atoms with van der Waals surface area (Å²) in [5.41, 5.74) is -7.18. The summed E-state index contributed by atoms with van der Waals surface area (Å²) in [6, 6.07) is 14.3. The van der Waals surface area contributed by atoms with Gasteiger partial charge in [-0.2, -0.15) is 0 Å². The zero-order valence-electron chi connectivity index (χ0n) is 36.5. The van der Waals surface area contributed by atoms with Gasteiger partial charge < -0.3 is 49.6 Å². The molecule has 0 aromatic heterocycles. The van der Waals surface area contributed by atoms with E-state index in [9.17, 15) is 39.3 Å². The highest BCUT2D eigenvalue weighted by Gasteiger charge is 2.78. The van der Waals surface area contributed by atoms with Gasteiger partial charge in [0.1, 0.15) is 23.9 Å². The van der Waals surface area contributed by atoms with Crippen LogP contribution in [0.25, 0.3) is 0 Å². The summed E-state index contributed by atoms with van der Waals surface area (Å²) in [6.07, 6.45) is -5.87. The average Bonchev–Trinajstić information content (AvgIpc) is 3.24. The van der Waals surface area contributed by atoms with Gasteiger partial charge in [0.25, 0.3) is 0 Å². The molecule has 2 amide bonds. The molecule has 0 radical (unpaired) electrons. The lowest BCUT2D eigenvalue weighted by Crippen LogP contribution is -2.82. The second kappa shape index (κ2) is 17.4. The Balaban J connectivity index is 1.35. The van der Waals surface area contributed by atoms with E-state index in [-0.39, 0.29) is 35.8 Å².